The Kier molecular flexibility index (Phi) is 6.59. The fourth-order valence-corrected chi connectivity index (χ4v) is 5.50. The highest BCUT2D eigenvalue weighted by Gasteiger charge is 2.24. The van der Waals surface area contributed by atoms with Crippen molar-refractivity contribution in [2.24, 2.45) is 0 Å². The molecule has 38 heavy (non-hydrogen) atoms. The quantitative estimate of drug-likeness (QED) is 0.532. The van der Waals surface area contributed by atoms with Crippen molar-refractivity contribution in [2.45, 2.75) is 25.5 Å². The number of hydrogen-bond donors (Lipinski definition) is 1. The maximum Gasteiger partial charge on any atom is 0.251 e. The monoisotopic (exact) mass is 513 g/mol. The van der Waals surface area contributed by atoms with Gasteiger partial charge in [-0.1, -0.05) is 12.6 Å². The van der Waals surface area contributed by atoms with Gasteiger partial charge in [0.15, 0.2) is 0 Å². The Bertz CT molecular complexity index is 1420. The lowest BCUT2D eigenvalue weighted by atomic mass is 10.0. The van der Waals surface area contributed by atoms with Gasteiger partial charge in [0.25, 0.3) is 5.56 Å². The van der Waals surface area contributed by atoms with Gasteiger partial charge in [-0.05, 0) is 54.3 Å². The Morgan fingerprint density at radius 1 is 1.05 bits per heavy atom. The molecule has 0 radical (unpaired) electrons. The highest BCUT2D eigenvalue weighted by Crippen LogP contribution is 2.39. The number of anilines is 3. The number of carbonyl (C=O) groups excluding carboxylic acids is 1. The molecule has 2 aromatic heterocycles. The molecule has 9 nitrogen and oxygen atoms in total. The molecule has 3 aliphatic rings. The van der Waals surface area contributed by atoms with Gasteiger partial charge in [-0.15, -0.1) is 0 Å². The molecule has 196 valence electrons. The number of benzene rings is 1. The topological polar surface area (TPSA) is 88.9 Å². The third kappa shape index (κ3) is 4.65. The lowest BCUT2D eigenvalue weighted by Gasteiger charge is -2.32. The fraction of sp³-hybridized carbons (Fsp3) is 0.345. The summed E-state index contributed by atoms with van der Waals surface area (Å²) in [7, 11) is 0. The van der Waals surface area contributed by atoms with Crippen LogP contribution < -0.4 is 20.5 Å². The summed E-state index contributed by atoms with van der Waals surface area (Å²) in [5.41, 5.74) is 4.68. The van der Waals surface area contributed by atoms with Crippen molar-refractivity contribution in [1.82, 2.24) is 14.5 Å². The average molecular weight is 514 g/mol. The maximum absolute atomic E-state index is 13.1. The predicted octanol–water partition coefficient (Wildman–Crippen LogP) is 3.73. The van der Waals surface area contributed by atoms with Crippen molar-refractivity contribution in [1.29, 1.82) is 0 Å². The molecule has 0 saturated carbocycles. The second-order valence-corrected chi connectivity index (χ2v) is 9.80. The Labute approximate surface area is 221 Å². The Morgan fingerprint density at radius 3 is 2.61 bits per heavy atom. The molecule has 3 aromatic rings. The number of pyridine rings is 2. The smallest absolute Gasteiger partial charge is 0.251 e. The summed E-state index contributed by atoms with van der Waals surface area (Å²) in [6.45, 7) is 8.31. The first-order chi connectivity index (χ1) is 18.6. The van der Waals surface area contributed by atoms with Crippen molar-refractivity contribution < 1.29 is 14.3 Å². The number of fused-ring (bicyclic) bond motifs is 2. The second-order valence-electron chi connectivity index (χ2n) is 9.80. The number of nitrogens with zero attached hydrogens (tertiary/aromatic N) is 4. The molecule has 2 saturated heterocycles. The van der Waals surface area contributed by atoms with E-state index in [9.17, 15) is 9.59 Å². The third-order valence-electron chi connectivity index (χ3n) is 7.62. The predicted molar refractivity (Wildman–Crippen MR) is 146 cm³/mol. The molecule has 0 aliphatic carbocycles. The van der Waals surface area contributed by atoms with Gasteiger partial charge in [0.2, 0.25) is 5.91 Å². The number of carbonyl (C=O) groups is 1. The summed E-state index contributed by atoms with van der Waals surface area (Å²) in [6.07, 6.45) is 6.54. The van der Waals surface area contributed by atoms with Gasteiger partial charge in [0.1, 0.15) is 18.2 Å². The molecule has 9 heteroatoms. The molecular formula is C29H31N5O4. The molecule has 0 atom stereocenters. The molecular weight excluding hydrogens is 482 g/mol. The summed E-state index contributed by atoms with van der Waals surface area (Å²) >= 11 is 0. The Morgan fingerprint density at radius 2 is 1.84 bits per heavy atom. The average Bonchev–Trinajstić information content (AvgIpc) is 3.16. The zero-order valence-corrected chi connectivity index (χ0v) is 21.3. The van der Waals surface area contributed by atoms with E-state index in [4.69, 9.17) is 9.47 Å². The van der Waals surface area contributed by atoms with Crippen LogP contribution in [0.4, 0.5) is 17.2 Å². The van der Waals surface area contributed by atoms with Crippen LogP contribution in [0.15, 0.2) is 66.2 Å². The molecule has 0 spiro atoms. The largest absolute Gasteiger partial charge is 0.486 e. The minimum Gasteiger partial charge on any atom is -0.486 e. The molecule has 2 fully saturated rings. The highest BCUT2D eigenvalue weighted by atomic mass is 16.5. The number of rotatable bonds is 4. The number of ether oxygens (including phenoxy) is 2. The first-order valence-electron chi connectivity index (χ1n) is 13.1. The van der Waals surface area contributed by atoms with Crippen LogP contribution in [-0.2, 0) is 16.1 Å². The minimum atomic E-state index is -0.0535. The molecule has 3 aliphatic heterocycles. The van der Waals surface area contributed by atoms with Crippen LogP contribution in [0.1, 0.15) is 24.4 Å². The van der Waals surface area contributed by atoms with E-state index in [2.05, 4.69) is 21.8 Å². The molecule has 6 rings (SSSR count). The highest BCUT2D eigenvalue weighted by molar-refractivity contribution is 5.87. The van der Waals surface area contributed by atoms with Gasteiger partial charge in [-0.25, -0.2) is 4.98 Å². The number of likely N-dealkylation sites (tertiary alicyclic amines) is 1. The van der Waals surface area contributed by atoms with Gasteiger partial charge in [0, 0.05) is 56.4 Å². The van der Waals surface area contributed by atoms with E-state index in [1.54, 1.807) is 15.5 Å². The van der Waals surface area contributed by atoms with E-state index in [1.807, 2.05) is 42.7 Å². The number of nitrogens with one attached hydrogen (secondary N) is 1. The fourth-order valence-electron chi connectivity index (χ4n) is 5.50. The van der Waals surface area contributed by atoms with Crippen molar-refractivity contribution in [3.63, 3.8) is 0 Å². The van der Waals surface area contributed by atoms with E-state index in [0.717, 1.165) is 65.6 Å². The molecule has 5 heterocycles. The van der Waals surface area contributed by atoms with E-state index in [-0.39, 0.29) is 17.5 Å². The van der Waals surface area contributed by atoms with Crippen LogP contribution in [0.25, 0.3) is 11.1 Å². The van der Waals surface area contributed by atoms with Crippen LogP contribution in [0, 0.1) is 0 Å². The SMILES string of the molecule is C=CC(=O)N1CCC(n2ccc(-c3ccc4c(c3)OCc3c(N5CCOCC5)ccnc3N4)cc2=O)CC1. The van der Waals surface area contributed by atoms with Crippen LogP contribution in [0.5, 0.6) is 5.75 Å². The summed E-state index contributed by atoms with van der Waals surface area (Å²) in [5.74, 6) is 1.46. The number of amides is 1. The summed E-state index contributed by atoms with van der Waals surface area (Å²) < 4.78 is 13.6. The second kappa shape index (κ2) is 10.3. The standard InChI is InChI=1S/C29H31N5O4/c1-2-27(35)33-10-7-22(8-11-33)34-12-6-21(18-28(34)36)20-3-4-24-26(17-20)38-19-23-25(5-9-30-29(23)31-24)32-13-15-37-16-14-32/h2-6,9,12,17-18,22H,1,7-8,10-11,13-16,19H2,(H,30,31). The van der Waals surface area contributed by atoms with Gasteiger partial charge >= 0.3 is 0 Å². The third-order valence-corrected chi connectivity index (χ3v) is 7.62. The van der Waals surface area contributed by atoms with Crippen molar-refractivity contribution in [3.8, 4) is 16.9 Å². The van der Waals surface area contributed by atoms with E-state index < -0.39 is 0 Å². The van der Waals surface area contributed by atoms with Gasteiger partial charge in [0.05, 0.1) is 24.5 Å². The number of piperidine rings is 1. The van der Waals surface area contributed by atoms with Gasteiger partial charge < -0.3 is 29.2 Å². The number of morpholine rings is 1. The van der Waals surface area contributed by atoms with Crippen LogP contribution in [0.3, 0.4) is 0 Å². The van der Waals surface area contributed by atoms with Gasteiger partial charge in [-0.3, -0.25) is 9.59 Å². The Hall–Kier alpha value is -4.11. The van der Waals surface area contributed by atoms with E-state index in [0.29, 0.717) is 32.9 Å². The Balaban J connectivity index is 1.21. The summed E-state index contributed by atoms with van der Waals surface area (Å²) in [5, 5.41) is 3.45. The summed E-state index contributed by atoms with van der Waals surface area (Å²) in [6, 6.07) is 11.7. The molecule has 1 N–H and O–H groups in total. The zero-order chi connectivity index (χ0) is 26.1. The number of hydrogen-bond acceptors (Lipinski definition) is 7. The van der Waals surface area contributed by atoms with E-state index >= 15 is 0 Å². The van der Waals surface area contributed by atoms with Crippen molar-refractivity contribution in [2.75, 3.05) is 49.6 Å². The van der Waals surface area contributed by atoms with Gasteiger partial charge in [-0.2, -0.15) is 0 Å². The zero-order valence-electron chi connectivity index (χ0n) is 21.3. The molecule has 1 aromatic carbocycles. The normalized spacial score (nSPS) is 17.5. The molecule has 0 bridgehead atoms. The molecule has 0 unspecified atom stereocenters. The van der Waals surface area contributed by atoms with E-state index in [1.165, 1.54) is 6.08 Å². The van der Waals surface area contributed by atoms with Crippen molar-refractivity contribution in [3.05, 3.63) is 77.4 Å². The van der Waals surface area contributed by atoms with Crippen LogP contribution in [-0.4, -0.2) is 59.8 Å². The van der Waals surface area contributed by atoms with Crippen LogP contribution >= 0.6 is 0 Å². The first kappa shape index (κ1) is 24.2. The minimum absolute atomic E-state index is 0.0447. The summed E-state index contributed by atoms with van der Waals surface area (Å²) in [4.78, 5) is 33.6. The first-order valence-corrected chi connectivity index (χ1v) is 13.1. The lowest BCUT2D eigenvalue weighted by molar-refractivity contribution is -0.127. The van der Waals surface area contributed by atoms with Crippen molar-refractivity contribution >= 4 is 23.1 Å². The molecule has 1 amide bonds. The lowest BCUT2D eigenvalue weighted by Crippen LogP contribution is -2.39. The number of aromatic nitrogens is 2. The van der Waals surface area contributed by atoms with Crippen LogP contribution in [0.2, 0.25) is 0 Å². The maximum atomic E-state index is 13.1.